The van der Waals surface area contributed by atoms with Gasteiger partial charge in [0.2, 0.25) is 5.79 Å². The maximum atomic E-state index is 5.94. The summed E-state index contributed by atoms with van der Waals surface area (Å²) in [7, 11) is 0. The third-order valence-electron chi connectivity index (χ3n) is 5.35. The molecule has 2 saturated heterocycles. The van der Waals surface area contributed by atoms with E-state index in [0.29, 0.717) is 45.2 Å². The number of para-hydroxylation sites is 2. The fourth-order valence-corrected chi connectivity index (χ4v) is 4.32. The Labute approximate surface area is 184 Å². The first-order valence-electron chi connectivity index (χ1n) is 10.3. The van der Waals surface area contributed by atoms with E-state index in [1.165, 1.54) is 0 Å². The Morgan fingerprint density at radius 2 is 1.90 bits per heavy atom. The first-order valence-corrected chi connectivity index (χ1v) is 11.3. The van der Waals surface area contributed by atoms with Crippen LogP contribution in [0.3, 0.4) is 0 Å². The number of thioether (sulfide) groups is 1. The smallest absolute Gasteiger partial charge is 0.216 e. The summed E-state index contributed by atoms with van der Waals surface area (Å²) < 4.78 is 29.0. The molecule has 1 N–H and O–H groups in total. The molecule has 0 atom stereocenters. The van der Waals surface area contributed by atoms with E-state index in [1.807, 2.05) is 43.3 Å². The number of ether oxygens (including phenoxy) is 5. The third kappa shape index (κ3) is 4.86. The van der Waals surface area contributed by atoms with Crippen molar-refractivity contribution in [2.75, 3.05) is 33.0 Å². The Kier molecular flexibility index (Phi) is 5.85. The summed E-state index contributed by atoms with van der Waals surface area (Å²) in [6, 6.07) is 11.8. The van der Waals surface area contributed by atoms with E-state index >= 15 is 0 Å². The number of aromatic amines is 1. The van der Waals surface area contributed by atoms with Gasteiger partial charge in [0.25, 0.3) is 0 Å². The Morgan fingerprint density at radius 1 is 1.10 bits per heavy atom. The first-order chi connectivity index (χ1) is 15.1. The number of nitrogens with one attached hydrogen (secondary N) is 1. The van der Waals surface area contributed by atoms with Gasteiger partial charge in [0, 0.05) is 24.4 Å². The van der Waals surface area contributed by atoms with Gasteiger partial charge in [-0.1, -0.05) is 23.9 Å². The molecule has 0 bridgehead atoms. The molecular formula is C22H25N3O5S. The molecule has 5 rings (SSSR count). The van der Waals surface area contributed by atoms with Crippen LogP contribution < -0.4 is 4.74 Å². The molecule has 9 heteroatoms. The van der Waals surface area contributed by atoms with E-state index in [9.17, 15) is 0 Å². The molecule has 8 nitrogen and oxygen atoms in total. The van der Waals surface area contributed by atoms with Crippen LogP contribution in [0.2, 0.25) is 0 Å². The molecule has 0 unspecified atom stereocenters. The van der Waals surface area contributed by atoms with Gasteiger partial charge in [-0.15, -0.1) is 0 Å². The van der Waals surface area contributed by atoms with Gasteiger partial charge < -0.3 is 28.7 Å². The van der Waals surface area contributed by atoms with Gasteiger partial charge in [0.15, 0.2) is 10.9 Å². The molecule has 164 valence electrons. The van der Waals surface area contributed by atoms with Crippen LogP contribution >= 0.6 is 11.8 Å². The highest BCUT2D eigenvalue weighted by atomic mass is 32.2. The molecule has 2 aromatic heterocycles. The van der Waals surface area contributed by atoms with Crippen molar-refractivity contribution >= 4 is 22.8 Å². The average Bonchev–Trinajstić information content (AvgIpc) is 3.42. The SMILES string of the molecule is CC1(CCOc2ccnc(CSc3nc4ccccc4[nH]3)c2)OCC2(CO1)OCCO2. The van der Waals surface area contributed by atoms with Gasteiger partial charge in [0.05, 0.1) is 36.5 Å². The van der Waals surface area contributed by atoms with Gasteiger partial charge in [0.1, 0.15) is 19.0 Å². The molecule has 2 aliphatic rings. The summed E-state index contributed by atoms with van der Waals surface area (Å²) >= 11 is 1.61. The maximum absolute atomic E-state index is 5.94. The molecule has 1 aromatic carbocycles. The Morgan fingerprint density at radius 3 is 2.71 bits per heavy atom. The number of pyridine rings is 1. The van der Waals surface area contributed by atoms with Crippen LogP contribution in [-0.4, -0.2) is 59.6 Å². The summed E-state index contributed by atoms with van der Waals surface area (Å²) in [5.41, 5.74) is 2.93. The van der Waals surface area contributed by atoms with E-state index in [0.717, 1.165) is 27.6 Å². The lowest BCUT2D eigenvalue weighted by atomic mass is 10.2. The van der Waals surface area contributed by atoms with Crippen LogP contribution in [-0.2, 0) is 24.7 Å². The molecule has 2 fully saturated rings. The van der Waals surface area contributed by atoms with Gasteiger partial charge in [-0.25, -0.2) is 4.98 Å². The largest absolute Gasteiger partial charge is 0.493 e. The van der Waals surface area contributed by atoms with Crippen LogP contribution in [0.1, 0.15) is 19.0 Å². The number of imidazole rings is 1. The van der Waals surface area contributed by atoms with Gasteiger partial charge in [-0.3, -0.25) is 4.98 Å². The quantitative estimate of drug-likeness (QED) is 0.555. The summed E-state index contributed by atoms with van der Waals surface area (Å²) in [4.78, 5) is 12.3. The molecule has 0 saturated carbocycles. The summed E-state index contributed by atoms with van der Waals surface area (Å²) in [6.45, 7) is 4.26. The molecule has 0 radical (unpaired) electrons. The number of aromatic nitrogens is 3. The third-order valence-corrected chi connectivity index (χ3v) is 6.25. The van der Waals surface area contributed by atoms with Crippen LogP contribution in [0.4, 0.5) is 0 Å². The van der Waals surface area contributed by atoms with Crippen molar-refractivity contribution in [1.82, 2.24) is 15.0 Å². The second-order valence-corrected chi connectivity index (χ2v) is 8.71. The van der Waals surface area contributed by atoms with Crippen LogP contribution in [0.25, 0.3) is 11.0 Å². The number of H-pyrrole nitrogens is 1. The summed E-state index contributed by atoms with van der Waals surface area (Å²) in [5.74, 6) is 0.0163. The number of hydrogen-bond donors (Lipinski definition) is 1. The molecule has 0 aliphatic carbocycles. The lowest BCUT2D eigenvalue weighted by Crippen LogP contribution is -2.53. The zero-order valence-corrected chi connectivity index (χ0v) is 18.2. The second kappa shape index (κ2) is 8.76. The van der Waals surface area contributed by atoms with Gasteiger partial charge in [-0.2, -0.15) is 0 Å². The number of rotatable bonds is 7. The molecule has 0 amide bonds. The van der Waals surface area contributed by atoms with E-state index in [2.05, 4.69) is 15.0 Å². The number of fused-ring (bicyclic) bond motifs is 1. The van der Waals surface area contributed by atoms with Gasteiger partial charge >= 0.3 is 0 Å². The van der Waals surface area contributed by atoms with Crippen molar-refractivity contribution in [3.8, 4) is 5.75 Å². The van der Waals surface area contributed by atoms with Crippen LogP contribution in [0.15, 0.2) is 47.8 Å². The van der Waals surface area contributed by atoms with Gasteiger partial charge in [-0.05, 0) is 25.1 Å². The molecule has 31 heavy (non-hydrogen) atoms. The topological polar surface area (TPSA) is 87.7 Å². The lowest BCUT2D eigenvalue weighted by Gasteiger charge is -2.41. The average molecular weight is 444 g/mol. The van der Waals surface area contributed by atoms with Crippen LogP contribution in [0.5, 0.6) is 5.75 Å². The zero-order chi connectivity index (χ0) is 21.2. The van der Waals surface area contributed by atoms with Crippen molar-refractivity contribution in [1.29, 1.82) is 0 Å². The highest BCUT2D eigenvalue weighted by Crippen LogP contribution is 2.32. The zero-order valence-electron chi connectivity index (χ0n) is 17.3. The maximum Gasteiger partial charge on any atom is 0.216 e. The fraction of sp³-hybridized carbons (Fsp3) is 0.455. The summed E-state index contributed by atoms with van der Waals surface area (Å²) in [5, 5.41) is 0.877. The molecule has 4 heterocycles. The van der Waals surface area contributed by atoms with Crippen molar-refractivity contribution in [2.45, 2.75) is 35.8 Å². The van der Waals surface area contributed by atoms with E-state index in [4.69, 9.17) is 23.7 Å². The number of benzene rings is 1. The number of hydrogen-bond acceptors (Lipinski definition) is 8. The van der Waals surface area contributed by atoms with Crippen LogP contribution in [0, 0.1) is 0 Å². The minimum Gasteiger partial charge on any atom is -0.493 e. The molecule has 1 spiro atoms. The predicted molar refractivity (Wildman–Crippen MR) is 115 cm³/mol. The Balaban J connectivity index is 1.11. The fourth-order valence-electron chi connectivity index (χ4n) is 3.54. The van der Waals surface area contributed by atoms with E-state index in [-0.39, 0.29) is 0 Å². The second-order valence-electron chi connectivity index (χ2n) is 7.75. The Bertz CT molecular complexity index is 994. The molecular weight excluding hydrogens is 418 g/mol. The Hall–Kier alpha value is -2.17. The van der Waals surface area contributed by atoms with Crippen molar-refractivity contribution in [3.05, 3.63) is 48.3 Å². The van der Waals surface area contributed by atoms with Crippen molar-refractivity contribution in [3.63, 3.8) is 0 Å². The monoisotopic (exact) mass is 443 g/mol. The molecule has 3 aromatic rings. The predicted octanol–water partition coefficient (Wildman–Crippen LogP) is 3.53. The highest BCUT2D eigenvalue weighted by Gasteiger charge is 2.46. The van der Waals surface area contributed by atoms with E-state index in [1.54, 1.807) is 18.0 Å². The normalized spacial score (nSPS) is 19.8. The molecule has 2 aliphatic heterocycles. The van der Waals surface area contributed by atoms with Crippen molar-refractivity contribution < 1.29 is 23.7 Å². The standard InChI is InChI=1S/C22H25N3O5S/c1-21(29-14-22(15-30-21)27-10-11-28-22)7-9-26-17-6-8-23-16(12-17)13-31-20-24-18-4-2-3-5-19(18)25-20/h2-6,8,12H,7,9-11,13-15H2,1H3,(H,24,25). The minimum atomic E-state index is -0.738. The minimum absolute atomic E-state index is 0.363. The first kappa shape index (κ1) is 20.7. The van der Waals surface area contributed by atoms with Crippen molar-refractivity contribution in [2.24, 2.45) is 0 Å². The number of nitrogens with zero attached hydrogens (tertiary/aromatic N) is 2. The lowest BCUT2D eigenvalue weighted by molar-refractivity contribution is -0.358. The summed E-state index contributed by atoms with van der Waals surface area (Å²) in [6.07, 6.45) is 2.35. The van der Waals surface area contributed by atoms with E-state index < -0.39 is 11.6 Å². The highest BCUT2D eigenvalue weighted by molar-refractivity contribution is 7.98.